The highest BCUT2D eigenvalue weighted by atomic mass is 127. The molecule has 20 heavy (non-hydrogen) atoms. The summed E-state index contributed by atoms with van der Waals surface area (Å²) in [6.07, 6.45) is 1.77. The summed E-state index contributed by atoms with van der Waals surface area (Å²) in [7, 11) is 5.31. The van der Waals surface area contributed by atoms with Gasteiger partial charge in [0, 0.05) is 33.9 Å². The number of rotatable bonds is 8. The number of guanidine groups is 1. The molecule has 0 aliphatic heterocycles. The van der Waals surface area contributed by atoms with Crippen molar-refractivity contribution in [2.75, 3.05) is 40.5 Å². The molecule has 0 saturated carbocycles. The van der Waals surface area contributed by atoms with Crippen molar-refractivity contribution in [3.8, 4) is 0 Å². The minimum absolute atomic E-state index is 0. The Morgan fingerprint density at radius 2 is 2.15 bits per heavy atom. The quantitative estimate of drug-likeness (QED) is 0.287. The van der Waals surface area contributed by atoms with E-state index in [-0.39, 0.29) is 24.0 Å². The number of methoxy groups -OCH3 is 1. The van der Waals surface area contributed by atoms with Gasteiger partial charge in [-0.05, 0) is 6.07 Å². The molecule has 0 aromatic carbocycles. The summed E-state index contributed by atoms with van der Waals surface area (Å²) >= 11 is 0. The highest BCUT2D eigenvalue weighted by Gasteiger charge is 2.00. The summed E-state index contributed by atoms with van der Waals surface area (Å²) in [5.74, 6) is 0.747. The van der Waals surface area contributed by atoms with Crippen LogP contribution in [0.2, 0.25) is 0 Å². The van der Waals surface area contributed by atoms with E-state index in [1.807, 2.05) is 17.8 Å². The number of nitrogens with one attached hydrogen (secondary N) is 2. The molecule has 116 valence electrons. The Balaban J connectivity index is 0.00000361. The van der Waals surface area contributed by atoms with Gasteiger partial charge in [-0.1, -0.05) is 0 Å². The molecule has 0 saturated heterocycles. The lowest BCUT2D eigenvalue weighted by atomic mass is 10.4. The molecule has 7 nitrogen and oxygen atoms in total. The van der Waals surface area contributed by atoms with Gasteiger partial charge in [0.05, 0.1) is 32.1 Å². The van der Waals surface area contributed by atoms with Crippen molar-refractivity contribution in [1.82, 2.24) is 20.4 Å². The fraction of sp³-hybridized carbons (Fsp3) is 0.667. The Labute approximate surface area is 137 Å². The lowest BCUT2D eigenvalue weighted by Crippen LogP contribution is -2.38. The van der Waals surface area contributed by atoms with Crippen LogP contribution in [0.1, 0.15) is 5.69 Å². The maximum Gasteiger partial charge on any atom is 0.191 e. The van der Waals surface area contributed by atoms with Gasteiger partial charge in [-0.15, -0.1) is 24.0 Å². The van der Waals surface area contributed by atoms with Crippen molar-refractivity contribution < 1.29 is 9.47 Å². The standard InChI is InChI=1S/C12H23N5O2.HI/c1-13-12(14-6-7-19-9-8-18-3)15-10-11-4-5-16-17(11)2;/h4-5H,6-10H2,1-3H3,(H2,13,14,15);1H. The van der Waals surface area contributed by atoms with Gasteiger partial charge in [-0.2, -0.15) is 5.10 Å². The predicted molar refractivity (Wildman–Crippen MR) is 89.5 cm³/mol. The van der Waals surface area contributed by atoms with Crippen molar-refractivity contribution in [1.29, 1.82) is 0 Å². The molecule has 0 bridgehead atoms. The number of hydrogen-bond donors (Lipinski definition) is 2. The van der Waals surface area contributed by atoms with Gasteiger partial charge in [-0.3, -0.25) is 9.67 Å². The van der Waals surface area contributed by atoms with E-state index in [1.54, 1.807) is 20.4 Å². The molecule has 0 aliphatic rings. The minimum atomic E-state index is 0. The Morgan fingerprint density at radius 1 is 1.35 bits per heavy atom. The maximum absolute atomic E-state index is 5.35. The lowest BCUT2D eigenvalue weighted by molar-refractivity contribution is 0.0733. The molecule has 0 atom stereocenters. The zero-order valence-electron chi connectivity index (χ0n) is 12.3. The molecule has 1 heterocycles. The molecule has 0 amide bonds. The average Bonchev–Trinajstić information content (AvgIpc) is 2.83. The third kappa shape index (κ3) is 7.65. The van der Waals surface area contributed by atoms with Crippen LogP contribution in [0.25, 0.3) is 0 Å². The molecular weight excluding hydrogens is 373 g/mol. The molecule has 0 aliphatic carbocycles. The first-order valence-electron chi connectivity index (χ1n) is 6.26. The fourth-order valence-electron chi connectivity index (χ4n) is 1.46. The van der Waals surface area contributed by atoms with Gasteiger partial charge in [0.2, 0.25) is 0 Å². The van der Waals surface area contributed by atoms with Crippen LogP contribution in [0.3, 0.4) is 0 Å². The summed E-state index contributed by atoms with van der Waals surface area (Å²) in [6, 6.07) is 1.97. The van der Waals surface area contributed by atoms with Crippen LogP contribution in [0.15, 0.2) is 17.3 Å². The van der Waals surface area contributed by atoms with Crippen LogP contribution in [-0.4, -0.2) is 56.3 Å². The SMILES string of the molecule is CN=C(NCCOCCOC)NCc1ccnn1C.I. The monoisotopic (exact) mass is 397 g/mol. The van der Waals surface area contributed by atoms with Crippen molar-refractivity contribution in [2.24, 2.45) is 12.0 Å². The third-order valence-corrected chi connectivity index (χ3v) is 2.55. The summed E-state index contributed by atoms with van der Waals surface area (Å²) in [6.45, 7) is 3.23. The van der Waals surface area contributed by atoms with E-state index in [2.05, 4.69) is 20.7 Å². The van der Waals surface area contributed by atoms with Crippen LogP contribution in [-0.2, 0) is 23.1 Å². The summed E-state index contributed by atoms with van der Waals surface area (Å²) in [4.78, 5) is 4.14. The molecule has 2 N–H and O–H groups in total. The van der Waals surface area contributed by atoms with Gasteiger partial charge in [0.15, 0.2) is 5.96 Å². The van der Waals surface area contributed by atoms with Crippen LogP contribution < -0.4 is 10.6 Å². The van der Waals surface area contributed by atoms with E-state index in [0.717, 1.165) is 11.7 Å². The first-order valence-corrected chi connectivity index (χ1v) is 6.26. The van der Waals surface area contributed by atoms with Crippen molar-refractivity contribution in [2.45, 2.75) is 6.54 Å². The number of aryl methyl sites for hydroxylation is 1. The van der Waals surface area contributed by atoms with Gasteiger partial charge in [0.1, 0.15) is 0 Å². The van der Waals surface area contributed by atoms with E-state index in [9.17, 15) is 0 Å². The molecule has 0 spiro atoms. The van der Waals surface area contributed by atoms with Gasteiger partial charge < -0.3 is 20.1 Å². The second kappa shape index (κ2) is 11.9. The van der Waals surface area contributed by atoms with E-state index in [0.29, 0.717) is 32.9 Å². The molecule has 1 rings (SSSR count). The first kappa shape index (κ1) is 19.1. The number of aromatic nitrogens is 2. The van der Waals surface area contributed by atoms with Gasteiger partial charge >= 0.3 is 0 Å². The fourth-order valence-corrected chi connectivity index (χ4v) is 1.46. The topological polar surface area (TPSA) is 72.7 Å². The average molecular weight is 397 g/mol. The predicted octanol–water partition coefficient (Wildman–Crippen LogP) is 0.366. The largest absolute Gasteiger partial charge is 0.382 e. The van der Waals surface area contributed by atoms with Gasteiger partial charge in [-0.25, -0.2) is 0 Å². The third-order valence-electron chi connectivity index (χ3n) is 2.55. The molecular formula is C12H24IN5O2. The molecule has 8 heteroatoms. The van der Waals surface area contributed by atoms with Crippen LogP contribution in [0.5, 0.6) is 0 Å². The Morgan fingerprint density at radius 3 is 2.75 bits per heavy atom. The van der Waals surface area contributed by atoms with Crippen molar-refractivity contribution in [3.63, 3.8) is 0 Å². The number of halogens is 1. The molecule has 0 fully saturated rings. The van der Waals surface area contributed by atoms with E-state index in [1.165, 1.54) is 0 Å². The van der Waals surface area contributed by atoms with Crippen molar-refractivity contribution in [3.05, 3.63) is 18.0 Å². The van der Waals surface area contributed by atoms with Crippen LogP contribution >= 0.6 is 24.0 Å². The minimum Gasteiger partial charge on any atom is -0.382 e. The van der Waals surface area contributed by atoms with E-state index < -0.39 is 0 Å². The number of aliphatic imine (C=N–C) groups is 1. The molecule has 0 radical (unpaired) electrons. The Bertz CT molecular complexity index is 384. The smallest absolute Gasteiger partial charge is 0.191 e. The lowest BCUT2D eigenvalue weighted by Gasteiger charge is -2.12. The normalized spacial score (nSPS) is 11.1. The second-order valence-electron chi connectivity index (χ2n) is 3.90. The molecule has 0 unspecified atom stereocenters. The van der Waals surface area contributed by atoms with Crippen LogP contribution in [0.4, 0.5) is 0 Å². The Kier molecular flexibility index (Phi) is 11.4. The maximum atomic E-state index is 5.35. The summed E-state index contributed by atoms with van der Waals surface area (Å²) in [5.41, 5.74) is 1.10. The second-order valence-corrected chi connectivity index (χ2v) is 3.90. The highest BCUT2D eigenvalue weighted by Crippen LogP contribution is 1.94. The first-order chi connectivity index (χ1) is 9.27. The highest BCUT2D eigenvalue weighted by molar-refractivity contribution is 14.0. The number of hydrogen-bond acceptors (Lipinski definition) is 4. The zero-order valence-corrected chi connectivity index (χ0v) is 14.6. The summed E-state index contributed by atoms with van der Waals surface area (Å²) < 4.78 is 12.1. The van der Waals surface area contributed by atoms with Gasteiger partial charge in [0.25, 0.3) is 0 Å². The zero-order chi connectivity index (χ0) is 13.9. The van der Waals surface area contributed by atoms with Crippen LogP contribution in [0, 0.1) is 0 Å². The molecule has 1 aromatic heterocycles. The summed E-state index contributed by atoms with van der Waals surface area (Å²) in [5, 5.41) is 10.5. The van der Waals surface area contributed by atoms with E-state index in [4.69, 9.17) is 9.47 Å². The Hall–Kier alpha value is -0.870. The molecule has 1 aromatic rings. The number of nitrogens with zero attached hydrogens (tertiary/aromatic N) is 3. The van der Waals surface area contributed by atoms with E-state index >= 15 is 0 Å². The number of ether oxygens (including phenoxy) is 2. The van der Waals surface area contributed by atoms with Crippen molar-refractivity contribution >= 4 is 29.9 Å².